The van der Waals surface area contributed by atoms with Crippen molar-refractivity contribution in [3.8, 4) is 0 Å². The van der Waals surface area contributed by atoms with E-state index in [4.69, 9.17) is 5.10 Å². The lowest BCUT2D eigenvalue weighted by atomic mass is 10.1. The molecule has 1 aromatic carbocycles. The SMILES string of the molecule is CCCC(Br)CCCc1nn(CC)c2ccccc12. The number of aromatic nitrogens is 2. The Morgan fingerprint density at radius 2 is 2.00 bits per heavy atom. The van der Waals surface area contributed by atoms with Crippen LogP contribution in [-0.2, 0) is 13.0 Å². The summed E-state index contributed by atoms with van der Waals surface area (Å²) in [6.45, 7) is 5.33. The van der Waals surface area contributed by atoms with Gasteiger partial charge in [-0.15, -0.1) is 0 Å². The number of benzene rings is 1. The molecule has 0 amide bonds. The molecular formula is C16H23BrN2. The van der Waals surface area contributed by atoms with E-state index < -0.39 is 0 Å². The van der Waals surface area contributed by atoms with E-state index in [2.05, 4.69) is 58.7 Å². The number of halogens is 1. The molecule has 2 aromatic rings. The third kappa shape index (κ3) is 3.59. The maximum Gasteiger partial charge on any atom is 0.0703 e. The zero-order valence-corrected chi connectivity index (χ0v) is 13.5. The number of fused-ring (bicyclic) bond motifs is 1. The molecule has 2 nitrogen and oxygen atoms in total. The summed E-state index contributed by atoms with van der Waals surface area (Å²) in [7, 11) is 0. The third-order valence-electron chi connectivity index (χ3n) is 3.57. The molecule has 2 rings (SSSR count). The van der Waals surface area contributed by atoms with Crippen LogP contribution in [0.5, 0.6) is 0 Å². The Labute approximate surface area is 124 Å². The smallest absolute Gasteiger partial charge is 0.0703 e. The fourth-order valence-electron chi connectivity index (χ4n) is 2.57. The number of hydrogen-bond acceptors (Lipinski definition) is 1. The maximum absolute atomic E-state index is 4.75. The van der Waals surface area contributed by atoms with Crippen LogP contribution in [0.25, 0.3) is 10.9 Å². The van der Waals surface area contributed by atoms with Gasteiger partial charge in [0.05, 0.1) is 11.2 Å². The van der Waals surface area contributed by atoms with E-state index in [1.807, 2.05) is 0 Å². The van der Waals surface area contributed by atoms with Gasteiger partial charge >= 0.3 is 0 Å². The molecule has 0 aliphatic rings. The zero-order chi connectivity index (χ0) is 13.7. The Balaban J connectivity index is 2.04. The standard InChI is InChI=1S/C16H23BrN2/c1-3-8-13(17)9-7-11-15-14-10-5-6-12-16(14)19(4-2)18-15/h5-6,10,12-13H,3-4,7-9,11H2,1-2H3. The van der Waals surface area contributed by atoms with Crippen molar-refractivity contribution < 1.29 is 0 Å². The lowest BCUT2D eigenvalue weighted by Gasteiger charge is -2.06. The van der Waals surface area contributed by atoms with Crippen LogP contribution in [0.2, 0.25) is 0 Å². The second-order valence-corrected chi connectivity index (χ2v) is 6.35. The first kappa shape index (κ1) is 14.6. The van der Waals surface area contributed by atoms with Crippen molar-refractivity contribution in [1.29, 1.82) is 0 Å². The van der Waals surface area contributed by atoms with Crippen LogP contribution < -0.4 is 0 Å². The highest BCUT2D eigenvalue weighted by Gasteiger charge is 2.09. The largest absolute Gasteiger partial charge is 0.265 e. The van der Waals surface area contributed by atoms with Gasteiger partial charge in [-0.1, -0.05) is 47.5 Å². The number of para-hydroxylation sites is 1. The van der Waals surface area contributed by atoms with Gasteiger partial charge in [0, 0.05) is 16.8 Å². The molecule has 104 valence electrons. The zero-order valence-electron chi connectivity index (χ0n) is 11.9. The van der Waals surface area contributed by atoms with Crippen LogP contribution in [0, 0.1) is 0 Å². The quantitative estimate of drug-likeness (QED) is 0.660. The van der Waals surface area contributed by atoms with Crippen molar-refractivity contribution in [2.45, 2.75) is 57.3 Å². The van der Waals surface area contributed by atoms with Crippen molar-refractivity contribution in [3.63, 3.8) is 0 Å². The molecule has 0 bridgehead atoms. The van der Waals surface area contributed by atoms with Gasteiger partial charge in [-0.3, -0.25) is 4.68 Å². The van der Waals surface area contributed by atoms with Gasteiger partial charge in [0.25, 0.3) is 0 Å². The van der Waals surface area contributed by atoms with Gasteiger partial charge < -0.3 is 0 Å². The van der Waals surface area contributed by atoms with Gasteiger partial charge in [-0.25, -0.2) is 0 Å². The monoisotopic (exact) mass is 322 g/mol. The minimum atomic E-state index is 0.664. The lowest BCUT2D eigenvalue weighted by molar-refractivity contribution is 0.630. The molecule has 0 fully saturated rings. The Bertz CT molecular complexity index is 518. The number of aryl methyl sites for hydroxylation is 2. The average Bonchev–Trinajstić information content (AvgIpc) is 2.78. The van der Waals surface area contributed by atoms with Gasteiger partial charge in [-0.2, -0.15) is 5.10 Å². The van der Waals surface area contributed by atoms with E-state index in [0.29, 0.717) is 4.83 Å². The lowest BCUT2D eigenvalue weighted by Crippen LogP contribution is -2.00. The molecule has 0 N–H and O–H groups in total. The molecule has 0 radical (unpaired) electrons. The summed E-state index contributed by atoms with van der Waals surface area (Å²) >= 11 is 3.75. The number of rotatable bonds is 7. The van der Waals surface area contributed by atoms with E-state index in [1.54, 1.807) is 0 Å². The van der Waals surface area contributed by atoms with Gasteiger partial charge in [0.2, 0.25) is 0 Å². The molecule has 1 heterocycles. The molecule has 0 saturated carbocycles. The molecule has 0 aliphatic heterocycles. The van der Waals surface area contributed by atoms with Gasteiger partial charge in [0.1, 0.15) is 0 Å². The molecule has 1 aromatic heterocycles. The summed E-state index contributed by atoms with van der Waals surface area (Å²) < 4.78 is 2.11. The van der Waals surface area contributed by atoms with E-state index in [-0.39, 0.29) is 0 Å². The van der Waals surface area contributed by atoms with Crippen molar-refractivity contribution in [1.82, 2.24) is 9.78 Å². The highest BCUT2D eigenvalue weighted by Crippen LogP contribution is 2.21. The van der Waals surface area contributed by atoms with Gasteiger partial charge in [-0.05, 0) is 38.7 Å². The van der Waals surface area contributed by atoms with Crippen LogP contribution >= 0.6 is 15.9 Å². The van der Waals surface area contributed by atoms with Crippen LogP contribution in [0.1, 0.15) is 45.2 Å². The maximum atomic E-state index is 4.75. The van der Waals surface area contributed by atoms with Crippen molar-refractivity contribution in [2.24, 2.45) is 0 Å². The number of hydrogen-bond donors (Lipinski definition) is 0. The highest BCUT2D eigenvalue weighted by atomic mass is 79.9. The summed E-state index contributed by atoms with van der Waals surface area (Å²) in [6, 6.07) is 8.56. The first-order valence-electron chi connectivity index (χ1n) is 7.34. The molecule has 0 spiro atoms. The molecule has 0 aliphatic carbocycles. The van der Waals surface area contributed by atoms with Crippen LogP contribution in [0.15, 0.2) is 24.3 Å². The van der Waals surface area contributed by atoms with Gasteiger partial charge in [0.15, 0.2) is 0 Å². The Hall–Kier alpha value is -0.830. The fourth-order valence-corrected chi connectivity index (χ4v) is 3.35. The predicted octanol–water partition coefficient (Wildman–Crippen LogP) is 4.94. The Kier molecular flexibility index (Phi) is 5.44. The minimum Gasteiger partial charge on any atom is -0.265 e. The minimum absolute atomic E-state index is 0.664. The van der Waals surface area contributed by atoms with E-state index >= 15 is 0 Å². The fraction of sp³-hybridized carbons (Fsp3) is 0.562. The Morgan fingerprint density at radius 1 is 1.21 bits per heavy atom. The van der Waals surface area contributed by atoms with Crippen LogP contribution in [-0.4, -0.2) is 14.6 Å². The summed E-state index contributed by atoms with van der Waals surface area (Å²) in [5.41, 5.74) is 2.53. The van der Waals surface area contributed by atoms with Crippen molar-refractivity contribution >= 4 is 26.8 Å². The predicted molar refractivity (Wildman–Crippen MR) is 86.0 cm³/mol. The highest BCUT2D eigenvalue weighted by molar-refractivity contribution is 9.09. The first-order chi connectivity index (χ1) is 9.26. The molecular weight excluding hydrogens is 300 g/mol. The molecule has 1 atom stereocenters. The second-order valence-electron chi connectivity index (χ2n) is 5.06. The van der Waals surface area contributed by atoms with Crippen LogP contribution in [0.4, 0.5) is 0 Å². The molecule has 0 saturated heterocycles. The van der Waals surface area contributed by atoms with Crippen molar-refractivity contribution in [2.75, 3.05) is 0 Å². The summed E-state index contributed by atoms with van der Waals surface area (Å²) in [6.07, 6.45) is 6.05. The van der Waals surface area contributed by atoms with Crippen LogP contribution in [0.3, 0.4) is 0 Å². The van der Waals surface area contributed by atoms with E-state index in [9.17, 15) is 0 Å². The summed E-state index contributed by atoms with van der Waals surface area (Å²) in [5, 5.41) is 6.08. The summed E-state index contributed by atoms with van der Waals surface area (Å²) in [4.78, 5) is 0.664. The topological polar surface area (TPSA) is 17.8 Å². The van der Waals surface area contributed by atoms with E-state index in [1.165, 1.54) is 42.3 Å². The third-order valence-corrected chi connectivity index (χ3v) is 4.48. The number of alkyl halides is 1. The molecule has 1 unspecified atom stereocenters. The average molecular weight is 323 g/mol. The second kappa shape index (κ2) is 7.09. The molecule has 19 heavy (non-hydrogen) atoms. The summed E-state index contributed by atoms with van der Waals surface area (Å²) in [5.74, 6) is 0. The first-order valence-corrected chi connectivity index (χ1v) is 8.26. The number of nitrogens with zero attached hydrogens (tertiary/aromatic N) is 2. The Morgan fingerprint density at radius 3 is 2.74 bits per heavy atom. The van der Waals surface area contributed by atoms with E-state index in [0.717, 1.165) is 13.0 Å². The van der Waals surface area contributed by atoms with Crippen molar-refractivity contribution in [3.05, 3.63) is 30.0 Å². The normalized spacial score (nSPS) is 13.0. The molecule has 3 heteroatoms.